The molecule has 2 fully saturated rings. The first kappa shape index (κ1) is 36.4. The van der Waals surface area contributed by atoms with Crippen LogP contribution in [0.1, 0.15) is 88.0 Å². The Labute approximate surface area is 276 Å². The number of aryl methyl sites for hydroxylation is 1. The monoisotopic (exact) mass is 677 g/mol. The second kappa shape index (κ2) is 15.6. The van der Waals surface area contributed by atoms with E-state index in [0.29, 0.717) is 56.1 Å². The number of nitrogens with zero attached hydrogens (tertiary/aromatic N) is 4. The van der Waals surface area contributed by atoms with Crippen molar-refractivity contribution in [1.29, 1.82) is 0 Å². The first-order chi connectivity index (χ1) is 22.2. The van der Waals surface area contributed by atoms with Crippen molar-refractivity contribution in [2.24, 2.45) is 11.8 Å². The Morgan fingerprint density at radius 3 is 2.40 bits per heavy atom. The second-order valence-electron chi connectivity index (χ2n) is 13.0. The molecule has 0 bridgehead atoms. The van der Waals surface area contributed by atoms with Gasteiger partial charge in [-0.3, -0.25) is 14.4 Å². The van der Waals surface area contributed by atoms with E-state index >= 15 is 4.39 Å². The van der Waals surface area contributed by atoms with Gasteiger partial charge in [-0.2, -0.15) is 0 Å². The maximum absolute atomic E-state index is 15.7. The lowest BCUT2D eigenvalue weighted by Gasteiger charge is -2.40. The number of carbonyl (C=O) groups excluding carboxylic acids is 3. The van der Waals surface area contributed by atoms with Crippen molar-refractivity contribution in [3.8, 4) is 0 Å². The number of likely N-dealkylation sites (N-methyl/N-ethyl adjacent to an activating group) is 1. The molecule has 3 N–H and O–H groups in total. The van der Waals surface area contributed by atoms with Crippen LogP contribution in [0, 0.1) is 17.7 Å². The van der Waals surface area contributed by atoms with E-state index in [4.69, 9.17) is 4.63 Å². The lowest BCUT2D eigenvalue weighted by molar-refractivity contribution is -0.136. The Bertz CT molecular complexity index is 1530. The summed E-state index contributed by atoms with van der Waals surface area (Å²) in [4.78, 5) is 44.2. The van der Waals surface area contributed by atoms with E-state index in [1.807, 2.05) is 14.0 Å². The van der Waals surface area contributed by atoms with Gasteiger partial charge < -0.3 is 20.4 Å². The molecule has 0 spiro atoms. The summed E-state index contributed by atoms with van der Waals surface area (Å²) >= 11 is 0. The normalized spacial score (nSPS) is 22.7. The molecular formula is C32H48FN7O6S. The van der Waals surface area contributed by atoms with Crippen LogP contribution in [-0.4, -0.2) is 96.8 Å². The highest BCUT2D eigenvalue weighted by Gasteiger charge is 2.37. The van der Waals surface area contributed by atoms with Gasteiger partial charge in [-0.05, 0) is 74.8 Å². The fraction of sp³-hybridized carbons (Fsp3) is 0.656. The molecular weight excluding hydrogens is 629 g/mol. The lowest BCUT2D eigenvalue weighted by Crippen LogP contribution is -2.58. The van der Waals surface area contributed by atoms with E-state index in [1.165, 1.54) is 19.1 Å². The third kappa shape index (κ3) is 8.93. The van der Waals surface area contributed by atoms with Crippen molar-refractivity contribution >= 4 is 33.4 Å². The van der Waals surface area contributed by atoms with Gasteiger partial charge in [0, 0.05) is 31.6 Å². The predicted octanol–water partition coefficient (Wildman–Crippen LogP) is 2.91. The summed E-state index contributed by atoms with van der Waals surface area (Å²) in [5, 5.41) is 12.9. The fourth-order valence-corrected chi connectivity index (χ4v) is 7.10. The molecule has 0 unspecified atom stereocenters. The molecule has 1 saturated carbocycles. The Kier molecular flexibility index (Phi) is 12.1. The van der Waals surface area contributed by atoms with E-state index in [9.17, 15) is 22.8 Å². The minimum absolute atomic E-state index is 0.00725. The number of benzene rings is 1. The number of hydrogen-bond donors (Lipinski definition) is 3. The van der Waals surface area contributed by atoms with Crippen molar-refractivity contribution in [3.05, 3.63) is 41.0 Å². The van der Waals surface area contributed by atoms with Crippen LogP contribution < -0.4 is 15.4 Å². The Balaban J connectivity index is 1.54. The van der Waals surface area contributed by atoms with Gasteiger partial charge in [0.1, 0.15) is 23.6 Å². The molecule has 260 valence electrons. The molecule has 4 rings (SSSR count). The van der Waals surface area contributed by atoms with Crippen molar-refractivity contribution in [1.82, 2.24) is 30.2 Å². The Morgan fingerprint density at radius 2 is 1.79 bits per heavy atom. The Hall–Kier alpha value is -3.43. The first-order valence-electron chi connectivity index (χ1n) is 16.5. The van der Waals surface area contributed by atoms with Crippen molar-refractivity contribution in [2.45, 2.75) is 90.8 Å². The van der Waals surface area contributed by atoms with Crippen LogP contribution in [0.15, 0.2) is 22.8 Å². The summed E-state index contributed by atoms with van der Waals surface area (Å²) in [5.41, 5.74) is 0.663. The number of sulfonamides is 1. The number of nitrogens with one attached hydrogen (secondary N) is 3. The van der Waals surface area contributed by atoms with Gasteiger partial charge >= 0.3 is 0 Å². The number of carbonyl (C=O) groups is 3. The smallest absolute Gasteiger partial charge is 0.276 e. The zero-order chi connectivity index (χ0) is 34.5. The number of amides is 3. The number of anilines is 1. The van der Waals surface area contributed by atoms with Gasteiger partial charge in [-0.15, -0.1) is 0 Å². The summed E-state index contributed by atoms with van der Waals surface area (Å²) in [7, 11) is -1.81. The van der Waals surface area contributed by atoms with Gasteiger partial charge in [0.2, 0.25) is 21.8 Å². The highest BCUT2D eigenvalue weighted by molar-refractivity contribution is 7.89. The number of hydrogen-bond acceptors (Lipinski definition) is 9. The SMILES string of the molecule is CCc1nonc1C(=O)N[C@H](C(=O)Nc1ccc([C@H](C)[C@@H](NS(=O)(=O)CC)C(=O)N2CCN(C)[C@H](C)C2)cc1F)[C@H]1CC[C@H](C)CC1. The van der Waals surface area contributed by atoms with Crippen LogP contribution in [0.2, 0.25) is 0 Å². The van der Waals surface area contributed by atoms with Crippen LogP contribution in [0.25, 0.3) is 0 Å². The third-order valence-electron chi connectivity index (χ3n) is 9.71. The van der Waals surface area contributed by atoms with E-state index in [-0.39, 0.29) is 35.0 Å². The zero-order valence-corrected chi connectivity index (χ0v) is 28.9. The van der Waals surface area contributed by atoms with Gasteiger partial charge in [0.25, 0.3) is 5.91 Å². The minimum Gasteiger partial charge on any atom is -0.338 e. The lowest BCUT2D eigenvalue weighted by atomic mass is 9.79. The van der Waals surface area contributed by atoms with Gasteiger partial charge in [-0.25, -0.2) is 22.2 Å². The molecule has 13 nitrogen and oxygen atoms in total. The minimum atomic E-state index is -3.78. The van der Waals surface area contributed by atoms with Crippen molar-refractivity contribution in [2.75, 3.05) is 37.8 Å². The zero-order valence-electron chi connectivity index (χ0n) is 28.1. The van der Waals surface area contributed by atoms with Crippen LogP contribution in [0.3, 0.4) is 0 Å². The Morgan fingerprint density at radius 1 is 1.09 bits per heavy atom. The summed E-state index contributed by atoms with van der Waals surface area (Å²) in [6.07, 6.45) is 3.63. The molecule has 1 aromatic carbocycles. The molecule has 2 heterocycles. The quantitative estimate of drug-likeness (QED) is 0.306. The second-order valence-corrected chi connectivity index (χ2v) is 15.1. The van der Waals surface area contributed by atoms with E-state index in [0.717, 1.165) is 12.8 Å². The molecule has 1 saturated heterocycles. The number of rotatable bonds is 12. The van der Waals surface area contributed by atoms with Crippen LogP contribution >= 0.6 is 0 Å². The molecule has 1 aromatic heterocycles. The van der Waals surface area contributed by atoms with Crippen LogP contribution in [0.5, 0.6) is 0 Å². The predicted molar refractivity (Wildman–Crippen MR) is 175 cm³/mol. The van der Waals surface area contributed by atoms with Crippen molar-refractivity contribution < 1.29 is 31.8 Å². The van der Waals surface area contributed by atoms with E-state index in [2.05, 4.69) is 37.5 Å². The number of piperazine rings is 1. The van der Waals surface area contributed by atoms with Crippen molar-refractivity contribution in [3.63, 3.8) is 0 Å². The highest BCUT2D eigenvalue weighted by atomic mass is 32.2. The van der Waals surface area contributed by atoms with Gasteiger partial charge in [-0.1, -0.05) is 44.8 Å². The van der Waals surface area contributed by atoms with E-state index < -0.39 is 45.7 Å². The molecule has 2 aliphatic rings. The standard InChI is InChI=1S/C32H48FN7O6S/c1-7-25-29(37-46-36-25)31(42)35-28(22-11-9-19(3)10-12-22)30(41)34-26-14-13-23(17-24(26)33)21(5)27(38-47(44,45)8-2)32(43)40-16-15-39(6)20(4)18-40/h13-14,17,19-22,27-28,38H,7-12,15-16,18H2,1-6H3,(H,34,41)(H,35,42)/t19-,20-,21+,22-,27-,28+/m1/s1. The average molecular weight is 678 g/mol. The maximum Gasteiger partial charge on any atom is 0.276 e. The number of halogens is 1. The molecule has 15 heteroatoms. The molecule has 2 aromatic rings. The molecule has 47 heavy (non-hydrogen) atoms. The highest BCUT2D eigenvalue weighted by Crippen LogP contribution is 2.32. The topological polar surface area (TPSA) is 167 Å². The number of aromatic nitrogens is 2. The van der Waals surface area contributed by atoms with Crippen LogP contribution in [-0.2, 0) is 26.0 Å². The summed E-state index contributed by atoms with van der Waals surface area (Å²) < 4.78 is 48.2. The fourth-order valence-electron chi connectivity index (χ4n) is 6.24. The van der Waals surface area contributed by atoms with E-state index in [1.54, 1.807) is 24.8 Å². The third-order valence-corrected chi connectivity index (χ3v) is 11.1. The molecule has 4 atom stereocenters. The molecule has 1 aliphatic heterocycles. The van der Waals surface area contributed by atoms with Crippen LogP contribution in [0.4, 0.5) is 10.1 Å². The molecule has 3 amide bonds. The van der Waals surface area contributed by atoms with Gasteiger partial charge in [0.05, 0.1) is 11.4 Å². The maximum atomic E-state index is 15.7. The summed E-state index contributed by atoms with van der Waals surface area (Å²) in [6.45, 7) is 10.6. The van der Waals surface area contributed by atoms with Gasteiger partial charge in [0.15, 0.2) is 5.69 Å². The first-order valence-corrected chi connectivity index (χ1v) is 18.1. The largest absolute Gasteiger partial charge is 0.338 e. The summed E-state index contributed by atoms with van der Waals surface area (Å²) in [5.74, 6) is -2.89. The average Bonchev–Trinajstić information content (AvgIpc) is 3.54. The summed E-state index contributed by atoms with van der Waals surface area (Å²) in [6, 6.07) is 2.16. The molecule has 0 radical (unpaired) electrons. The molecule has 1 aliphatic carbocycles.